The molecule has 0 aromatic rings. The van der Waals surface area contributed by atoms with E-state index in [1.165, 1.54) is 0 Å². The Kier molecular flexibility index (Phi) is 3.93. The first-order valence-electron chi connectivity index (χ1n) is 5.55. The average Bonchev–Trinajstić information content (AvgIpc) is 2.12. The summed E-state index contributed by atoms with van der Waals surface area (Å²) in [6, 6.07) is 0.382. The third kappa shape index (κ3) is 2.71. The molecule has 1 aliphatic carbocycles. The summed E-state index contributed by atoms with van der Waals surface area (Å²) >= 11 is 0. The van der Waals surface area contributed by atoms with Crippen molar-refractivity contribution in [3.05, 3.63) is 0 Å². The van der Waals surface area contributed by atoms with E-state index >= 15 is 0 Å². The molecular formula is C11H22N2O. The molecule has 0 saturated heterocycles. The van der Waals surface area contributed by atoms with Crippen LogP contribution in [0.2, 0.25) is 0 Å². The maximum absolute atomic E-state index is 11.7. The van der Waals surface area contributed by atoms with Gasteiger partial charge in [-0.05, 0) is 25.2 Å². The van der Waals surface area contributed by atoms with Crippen LogP contribution in [0.15, 0.2) is 0 Å². The number of amides is 1. The van der Waals surface area contributed by atoms with Crippen LogP contribution in [0.5, 0.6) is 0 Å². The quantitative estimate of drug-likeness (QED) is 0.738. The number of hydrogen-bond acceptors (Lipinski definition) is 2. The Labute approximate surface area is 86.6 Å². The summed E-state index contributed by atoms with van der Waals surface area (Å²) in [5, 5.41) is 0. The molecule has 1 fully saturated rings. The Morgan fingerprint density at radius 1 is 1.57 bits per heavy atom. The molecule has 1 rings (SSSR count). The zero-order valence-electron chi connectivity index (χ0n) is 9.49. The molecule has 1 amide bonds. The van der Waals surface area contributed by atoms with E-state index in [9.17, 15) is 4.79 Å². The van der Waals surface area contributed by atoms with E-state index in [2.05, 4.69) is 6.92 Å². The number of carbonyl (C=O) groups is 1. The van der Waals surface area contributed by atoms with Crippen molar-refractivity contribution in [3.63, 3.8) is 0 Å². The lowest BCUT2D eigenvalue weighted by atomic mass is 9.80. The molecule has 1 unspecified atom stereocenters. The second-order valence-corrected chi connectivity index (χ2v) is 4.63. The first kappa shape index (κ1) is 11.5. The van der Waals surface area contributed by atoms with Gasteiger partial charge in [-0.3, -0.25) is 4.79 Å². The van der Waals surface area contributed by atoms with Gasteiger partial charge in [0.05, 0.1) is 0 Å². The lowest BCUT2D eigenvalue weighted by Gasteiger charge is -2.35. The minimum absolute atomic E-state index is 0.161. The summed E-state index contributed by atoms with van der Waals surface area (Å²) < 4.78 is 0. The Balaban J connectivity index is 2.27. The Morgan fingerprint density at radius 3 is 2.57 bits per heavy atom. The number of hydrogen-bond donors (Lipinski definition) is 1. The van der Waals surface area contributed by atoms with Gasteiger partial charge in [0.25, 0.3) is 0 Å². The van der Waals surface area contributed by atoms with Gasteiger partial charge in [-0.1, -0.05) is 13.8 Å². The van der Waals surface area contributed by atoms with Crippen molar-refractivity contribution in [3.8, 4) is 0 Å². The first-order valence-corrected chi connectivity index (χ1v) is 5.55. The molecule has 3 nitrogen and oxygen atoms in total. The Morgan fingerprint density at radius 2 is 2.14 bits per heavy atom. The van der Waals surface area contributed by atoms with Crippen LogP contribution >= 0.6 is 0 Å². The summed E-state index contributed by atoms with van der Waals surface area (Å²) in [4.78, 5) is 13.6. The monoisotopic (exact) mass is 198 g/mol. The van der Waals surface area contributed by atoms with Gasteiger partial charge in [-0.25, -0.2) is 0 Å². The molecule has 0 aromatic carbocycles. The van der Waals surface area contributed by atoms with Crippen LogP contribution < -0.4 is 5.73 Å². The van der Waals surface area contributed by atoms with Crippen LogP contribution in [0.1, 0.15) is 33.1 Å². The molecule has 82 valence electrons. The standard InChI is InChI=1S/C11H22N2O/c1-4-8(2)11(14)13(3)7-9-5-10(12)6-9/h8-10H,4-7,12H2,1-3H3. The zero-order valence-corrected chi connectivity index (χ0v) is 9.49. The number of nitrogens with two attached hydrogens (primary N) is 1. The Bertz CT molecular complexity index is 199. The van der Waals surface area contributed by atoms with E-state index in [0.717, 1.165) is 25.8 Å². The smallest absolute Gasteiger partial charge is 0.225 e. The normalized spacial score (nSPS) is 28.0. The second-order valence-electron chi connectivity index (χ2n) is 4.63. The van der Waals surface area contributed by atoms with Crippen LogP contribution in [-0.4, -0.2) is 30.4 Å². The maximum Gasteiger partial charge on any atom is 0.225 e. The lowest BCUT2D eigenvalue weighted by Crippen LogP contribution is -2.44. The molecule has 0 spiro atoms. The molecule has 1 aliphatic rings. The molecule has 2 N–H and O–H groups in total. The van der Waals surface area contributed by atoms with Gasteiger partial charge in [0.1, 0.15) is 0 Å². The summed E-state index contributed by atoms with van der Waals surface area (Å²) in [6.45, 7) is 4.93. The van der Waals surface area contributed by atoms with Crippen molar-refractivity contribution >= 4 is 5.91 Å². The highest BCUT2D eigenvalue weighted by molar-refractivity contribution is 5.78. The Hall–Kier alpha value is -0.570. The molecule has 0 bridgehead atoms. The van der Waals surface area contributed by atoms with E-state index in [1.807, 2.05) is 18.9 Å². The zero-order chi connectivity index (χ0) is 10.7. The van der Waals surface area contributed by atoms with Gasteiger partial charge in [0.15, 0.2) is 0 Å². The van der Waals surface area contributed by atoms with Crippen LogP contribution in [0.25, 0.3) is 0 Å². The summed E-state index contributed by atoms with van der Waals surface area (Å²) in [7, 11) is 1.90. The van der Waals surface area contributed by atoms with Crippen LogP contribution in [0.4, 0.5) is 0 Å². The largest absolute Gasteiger partial charge is 0.345 e. The van der Waals surface area contributed by atoms with Crippen LogP contribution in [0, 0.1) is 11.8 Å². The van der Waals surface area contributed by atoms with Gasteiger partial charge in [0, 0.05) is 25.6 Å². The molecule has 0 heterocycles. The summed E-state index contributed by atoms with van der Waals surface area (Å²) in [5.41, 5.74) is 5.70. The average molecular weight is 198 g/mol. The highest BCUT2D eigenvalue weighted by Crippen LogP contribution is 2.26. The van der Waals surface area contributed by atoms with Gasteiger partial charge in [-0.15, -0.1) is 0 Å². The molecule has 3 heteroatoms. The van der Waals surface area contributed by atoms with Crippen molar-refractivity contribution in [1.82, 2.24) is 4.90 Å². The third-order valence-corrected chi connectivity index (χ3v) is 3.21. The minimum atomic E-state index is 0.161. The predicted octanol–water partition coefficient (Wildman–Crippen LogP) is 1.23. The summed E-state index contributed by atoms with van der Waals surface area (Å²) in [5.74, 6) is 1.07. The van der Waals surface area contributed by atoms with E-state index in [4.69, 9.17) is 5.73 Å². The highest BCUT2D eigenvalue weighted by atomic mass is 16.2. The highest BCUT2D eigenvalue weighted by Gasteiger charge is 2.28. The molecule has 1 atom stereocenters. The topological polar surface area (TPSA) is 46.3 Å². The van der Waals surface area contributed by atoms with Gasteiger partial charge >= 0.3 is 0 Å². The van der Waals surface area contributed by atoms with Crippen molar-refractivity contribution in [1.29, 1.82) is 0 Å². The van der Waals surface area contributed by atoms with E-state index in [0.29, 0.717) is 12.0 Å². The molecule has 14 heavy (non-hydrogen) atoms. The maximum atomic E-state index is 11.7. The molecular weight excluding hydrogens is 176 g/mol. The van der Waals surface area contributed by atoms with Gasteiger partial charge in [-0.2, -0.15) is 0 Å². The number of rotatable bonds is 4. The van der Waals surface area contributed by atoms with Crippen LogP contribution in [-0.2, 0) is 4.79 Å². The number of carbonyl (C=O) groups excluding carboxylic acids is 1. The third-order valence-electron chi connectivity index (χ3n) is 3.21. The van der Waals surface area contributed by atoms with Crippen molar-refractivity contribution in [2.75, 3.05) is 13.6 Å². The van der Waals surface area contributed by atoms with Crippen molar-refractivity contribution in [2.45, 2.75) is 39.2 Å². The molecule has 1 saturated carbocycles. The fraction of sp³-hybridized carbons (Fsp3) is 0.909. The summed E-state index contributed by atoms with van der Waals surface area (Å²) in [6.07, 6.45) is 3.09. The minimum Gasteiger partial charge on any atom is -0.345 e. The first-order chi connectivity index (χ1) is 6.54. The predicted molar refractivity (Wildman–Crippen MR) is 57.8 cm³/mol. The van der Waals surface area contributed by atoms with Crippen molar-refractivity contribution < 1.29 is 4.79 Å². The molecule has 0 aromatic heterocycles. The van der Waals surface area contributed by atoms with E-state index < -0.39 is 0 Å². The molecule has 0 aliphatic heterocycles. The fourth-order valence-corrected chi connectivity index (χ4v) is 1.96. The SMILES string of the molecule is CCC(C)C(=O)N(C)CC1CC(N)C1. The van der Waals surface area contributed by atoms with E-state index in [1.54, 1.807) is 0 Å². The van der Waals surface area contributed by atoms with Gasteiger partial charge in [0.2, 0.25) is 5.91 Å². The number of nitrogens with zero attached hydrogens (tertiary/aromatic N) is 1. The van der Waals surface area contributed by atoms with Crippen LogP contribution in [0.3, 0.4) is 0 Å². The van der Waals surface area contributed by atoms with E-state index in [-0.39, 0.29) is 11.8 Å². The second kappa shape index (κ2) is 4.78. The lowest BCUT2D eigenvalue weighted by molar-refractivity contribution is -0.134. The fourth-order valence-electron chi connectivity index (χ4n) is 1.96. The van der Waals surface area contributed by atoms with Crippen molar-refractivity contribution in [2.24, 2.45) is 17.6 Å². The molecule has 0 radical (unpaired) electrons. The van der Waals surface area contributed by atoms with Gasteiger partial charge < -0.3 is 10.6 Å².